The molecule has 3 saturated carbocycles. The number of rotatable bonds is 6. The van der Waals surface area contributed by atoms with E-state index >= 15 is 0 Å². The van der Waals surface area contributed by atoms with Gasteiger partial charge in [-0.25, -0.2) is 0 Å². The molecule has 0 saturated heterocycles. The normalized spacial score (nSPS) is 35.6. The fourth-order valence-corrected chi connectivity index (χ4v) is 6.94. The van der Waals surface area contributed by atoms with Crippen LogP contribution in [0.25, 0.3) is 0 Å². The third-order valence-corrected chi connectivity index (χ3v) is 9.28. The molecule has 0 bridgehead atoms. The van der Waals surface area contributed by atoms with Crippen LogP contribution >= 0.6 is 0 Å². The van der Waals surface area contributed by atoms with E-state index in [9.17, 15) is 46.8 Å². The Kier molecular flexibility index (Phi) is 8.70. The van der Waals surface area contributed by atoms with Crippen molar-refractivity contribution in [2.45, 2.75) is 108 Å². The first-order valence-corrected chi connectivity index (χ1v) is 12.9. The number of alkyl halides is 6. The summed E-state index contributed by atoms with van der Waals surface area (Å²) in [5.41, 5.74) is -2.60. The van der Waals surface area contributed by atoms with Crippen molar-refractivity contribution < 1.29 is 46.8 Å². The van der Waals surface area contributed by atoms with E-state index in [1.165, 1.54) is 5.57 Å². The molecule has 0 heterocycles. The molecule has 0 amide bonds. The SMILES string of the molecule is C=C1/C(=C\C=C2CCC[C@@]3(C)C2CC[C@@H]3[C@H](C)[C@@H](O)CCC(O)(C(F)(F)F)C(F)(F)F)C[C@@H](O)C[C@H]1O. The quantitative estimate of drug-likeness (QED) is 0.323. The highest BCUT2D eigenvalue weighted by Crippen LogP contribution is 2.60. The number of aliphatic hydroxyl groups is 4. The number of fused-ring (bicyclic) bond motifs is 1. The molecular weight excluding hydrogens is 502 g/mol. The minimum atomic E-state index is -5.90. The molecule has 0 radical (unpaired) electrons. The Morgan fingerprint density at radius 1 is 1.08 bits per heavy atom. The van der Waals surface area contributed by atoms with Crippen molar-refractivity contribution in [1.29, 1.82) is 0 Å². The number of aliphatic hydroxyl groups excluding tert-OH is 3. The van der Waals surface area contributed by atoms with E-state index in [0.717, 1.165) is 31.3 Å². The van der Waals surface area contributed by atoms with E-state index < -0.39 is 55.0 Å². The molecule has 4 nitrogen and oxygen atoms in total. The van der Waals surface area contributed by atoms with Gasteiger partial charge in [-0.15, -0.1) is 0 Å². The summed E-state index contributed by atoms with van der Waals surface area (Å²) < 4.78 is 78.3. The highest BCUT2D eigenvalue weighted by molar-refractivity contribution is 5.38. The number of allylic oxidation sites excluding steroid dienone is 3. The molecule has 0 aromatic rings. The first-order valence-electron chi connectivity index (χ1n) is 12.9. The average molecular weight is 541 g/mol. The summed E-state index contributed by atoms with van der Waals surface area (Å²) in [7, 11) is 0. The van der Waals surface area contributed by atoms with Crippen LogP contribution in [0.3, 0.4) is 0 Å². The molecule has 0 spiro atoms. The summed E-state index contributed by atoms with van der Waals surface area (Å²) in [6.07, 6.45) is -8.61. The molecule has 1 unspecified atom stereocenters. The van der Waals surface area contributed by atoms with Gasteiger partial charge in [-0.2, -0.15) is 26.3 Å². The number of hydrogen-bond acceptors (Lipinski definition) is 4. The fourth-order valence-electron chi connectivity index (χ4n) is 6.94. The van der Waals surface area contributed by atoms with Gasteiger partial charge in [-0.1, -0.05) is 38.2 Å². The minimum Gasteiger partial charge on any atom is -0.393 e. The lowest BCUT2D eigenvalue weighted by Gasteiger charge is -2.45. The molecule has 10 heteroatoms. The predicted octanol–water partition coefficient (Wildman–Crippen LogP) is 5.76. The van der Waals surface area contributed by atoms with Gasteiger partial charge in [0.25, 0.3) is 5.60 Å². The van der Waals surface area contributed by atoms with Gasteiger partial charge in [0.05, 0.1) is 18.3 Å². The summed E-state index contributed by atoms with van der Waals surface area (Å²) in [5.74, 6) is -0.518. The lowest BCUT2D eigenvalue weighted by atomic mass is 9.60. The van der Waals surface area contributed by atoms with Crippen LogP contribution in [0.2, 0.25) is 0 Å². The summed E-state index contributed by atoms with van der Waals surface area (Å²) in [6, 6.07) is 0. The van der Waals surface area contributed by atoms with E-state index in [0.29, 0.717) is 18.4 Å². The Morgan fingerprint density at radius 2 is 1.70 bits per heavy atom. The topological polar surface area (TPSA) is 80.9 Å². The zero-order valence-corrected chi connectivity index (χ0v) is 21.2. The highest BCUT2D eigenvalue weighted by Gasteiger charge is 2.70. The van der Waals surface area contributed by atoms with Crippen molar-refractivity contribution >= 4 is 0 Å². The van der Waals surface area contributed by atoms with E-state index in [1.807, 2.05) is 12.2 Å². The first-order chi connectivity index (χ1) is 16.9. The van der Waals surface area contributed by atoms with Crippen molar-refractivity contribution in [3.63, 3.8) is 0 Å². The van der Waals surface area contributed by atoms with Gasteiger partial charge in [0.15, 0.2) is 0 Å². The maximum absolute atomic E-state index is 13.1. The van der Waals surface area contributed by atoms with Gasteiger partial charge < -0.3 is 20.4 Å². The van der Waals surface area contributed by atoms with Crippen molar-refractivity contribution in [3.05, 3.63) is 35.5 Å². The van der Waals surface area contributed by atoms with Gasteiger partial charge in [-0.3, -0.25) is 0 Å². The summed E-state index contributed by atoms with van der Waals surface area (Å²) >= 11 is 0. The smallest absolute Gasteiger partial charge is 0.393 e. The van der Waals surface area contributed by atoms with Crippen LogP contribution in [0.4, 0.5) is 26.3 Å². The van der Waals surface area contributed by atoms with Gasteiger partial charge >= 0.3 is 12.4 Å². The summed E-state index contributed by atoms with van der Waals surface area (Å²) in [4.78, 5) is 0. The van der Waals surface area contributed by atoms with Gasteiger partial charge in [0.1, 0.15) is 0 Å². The third-order valence-electron chi connectivity index (χ3n) is 9.28. The van der Waals surface area contributed by atoms with Gasteiger partial charge in [-0.05, 0) is 85.7 Å². The molecule has 0 aromatic carbocycles. The second-order valence-corrected chi connectivity index (χ2v) is 11.5. The lowest BCUT2D eigenvalue weighted by Crippen LogP contribution is -2.57. The Hall–Kier alpha value is -1.36. The van der Waals surface area contributed by atoms with Crippen molar-refractivity contribution in [3.8, 4) is 0 Å². The van der Waals surface area contributed by atoms with Crippen LogP contribution < -0.4 is 0 Å². The Balaban J connectivity index is 1.74. The Morgan fingerprint density at radius 3 is 2.30 bits per heavy atom. The molecule has 0 aliphatic heterocycles. The molecule has 37 heavy (non-hydrogen) atoms. The van der Waals surface area contributed by atoms with Crippen LogP contribution in [0.5, 0.6) is 0 Å². The van der Waals surface area contributed by atoms with Gasteiger partial charge in [0, 0.05) is 6.42 Å². The number of hydrogen-bond donors (Lipinski definition) is 4. The zero-order chi connectivity index (χ0) is 28.0. The lowest BCUT2D eigenvalue weighted by molar-refractivity contribution is -0.371. The van der Waals surface area contributed by atoms with E-state index in [1.54, 1.807) is 6.92 Å². The van der Waals surface area contributed by atoms with Crippen LogP contribution in [0, 0.1) is 23.2 Å². The van der Waals surface area contributed by atoms with Gasteiger partial charge in [0.2, 0.25) is 0 Å². The molecule has 3 rings (SSSR count). The maximum atomic E-state index is 13.1. The Bertz CT molecular complexity index is 894. The largest absolute Gasteiger partial charge is 0.426 e. The average Bonchev–Trinajstić information content (AvgIpc) is 3.13. The van der Waals surface area contributed by atoms with Crippen molar-refractivity contribution in [2.24, 2.45) is 23.2 Å². The second-order valence-electron chi connectivity index (χ2n) is 11.5. The fraction of sp³-hybridized carbons (Fsp3) is 0.778. The van der Waals surface area contributed by atoms with Crippen LogP contribution in [-0.2, 0) is 0 Å². The highest BCUT2D eigenvalue weighted by atomic mass is 19.4. The maximum Gasteiger partial charge on any atom is 0.426 e. The van der Waals surface area contributed by atoms with Crippen molar-refractivity contribution in [2.75, 3.05) is 0 Å². The van der Waals surface area contributed by atoms with E-state index in [-0.39, 0.29) is 23.7 Å². The predicted molar refractivity (Wildman–Crippen MR) is 126 cm³/mol. The molecule has 3 aliphatic rings. The van der Waals surface area contributed by atoms with E-state index in [4.69, 9.17) is 0 Å². The first kappa shape index (κ1) is 30.2. The van der Waals surface area contributed by atoms with Crippen LogP contribution in [-0.4, -0.2) is 56.7 Å². The number of halogens is 6. The molecule has 3 aliphatic carbocycles. The van der Waals surface area contributed by atoms with E-state index in [2.05, 4.69) is 13.5 Å². The summed E-state index contributed by atoms with van der Waals surface area (Å²) in [6.45, 7) is 7.67. The monoisotopic (exact) mass is 540 g/mol. The van der Waals surface area contributed by atoms with Crippen molar-refractivity contribution in [1.82, 2.24) is 0 Å². The molecule has 7 atom stereocenters. The standard InChI is InChI=1S/C27H38F6O4/c1-15-18(13-19(34)14-23(15)36)7-6-17-5-4-11-24(3)20(8-9-21(17)24)16(2)22(35)10-12-25(37,26(28,29)30)27(31,32)33/h6-7,16,19-23,34-37H,1,4-5,8-14H2,2-3H3/b17-6?,18-7-/t16-,19+,20+,21?,22-,23+,24+/m0/s1. The zero-order valence-electron chi connectivity index (χ0n) is 21.2. The summed E-state index contributed by atoms with van der Waals surface area (Å²) in [5, 5.41) is 40.2. The van der Waals surface area contributed by atoms with Crippen LogP contribution in [0.15, 0.2) is 35.5 Å². The molecule has 4 N–H and O–H groups in total. The second kappa shape index (κ2) is 10.7. The molecule has 3 fully saturated rings. The molecular formula is C27H38F6O4. The molecule has 212 valence electrons. The minimum absolute atomic E-state index is 0.109. The Labute approximate surface area is 213 Å². The van der Waals surface area contributed by atoms with Crippen LogP contribution in [0.1, 0.15) is 71.6 Å². The molecule has 0 aromatic heterocycles. The third kappa shape index (κ3) is 5.82.